The van der Waals surface area contributed by atoms with Crippen LogP contribution in [0.5, 0.6) is 11.5 Å². The molecule has 0 amide bonds. The predicted molar refractivity (Wildman–Crippen MR) is 138 cm³/mol. The molecule has 1 aromatic heterocycles. The highest BCUT2D eigenvalue weighted by Crippen LogP contribution is 2.36. The van der Waals surface area contributed by atoms with Gasteiger partial charge in [0.25, 0.3) is 0 Å². The first-order chi connectivity index (χ1) is 16.1. The average molecular weight is 480 g/mol. The van der Waals surface area contributed by atoms with Crippen molar-refractivity contribution < 1.29 is 18.9 Å². The molecule has 2 unspecified atom stereocenters. The summed E-state index contributed by atoms with van der Waals surface area (Å²) >= 11 is 0. The lowest BCUT2D eigenvalue weighted by Crippen LogP contribution is -2.17. The van der Waals surface area contributed by atoms with Gasteiger partial charge in [0.05, 0.1) is 5.52 Å². The van der Waals surface area contributed by atoms with E-state index < -0.39 is 20.7 Å². The molecule has 0 saturated carbocycles. The highest BCUT2D eigenvalue weighted by atomic mass is 28.3. The van der Waals surface area contributed by atoms with Crippen LogP contribution >= 0.6 is 0 Å². The summed E-state index contributed by atoms with van der Waals surface area (Å²) in [6.07, 6.45) is 0.596. The monoisotopic (exact) mass is 479 g/mol. The fraction of sp³-hybridized carbons (Fsp3) is 0.385. The minimum absolute atomic E-state index is 0.459. The Hall–Kier alpha value is -3.12. The summed E-state index contributed by atoms with van der Waals surface area (Å²) in [6.45, 7) is 12.4. The molecule has 0 aliphatic rings. The zero-order chi connectivity index (χ0) is 24.9. The summed E-state index contributed by atoms with van der Waals surface area (Å²) in [6, 6.07) is 9.74. The van der Waals surface area contributed by atoms with Crippen molar-refractivity contribution in [2.45, 2.75) is 53.0 Å². The van der Waals surface area contributed by atoms with Crippen molar-refractivity contribution in [3.05, 3.63) is 47.8 Å². The summed E-state index contributed by atoms with van der Waals surface area (Å²) in [5.41, 5.74) is 7.16. The number of hydrogen-bond acceptors (Lipinski definition) is 7. The maximum Gasteiger partial charge on any atom is 0.196 e. The number of fused-ring (bicyclic) bond motifs is 1. The fourth-order valence-corrected chi connectivity index (χ4v) is 3.60. The quantitative estimate of drug-likeness (QED) is 0.254. The molecule has 34 heavy (non-hydrogen) atoms. The van der Waals surface area contributed by atoms with E-state index >= 15 is 0 Å². The highest BCUT2D eigenvalue weighted by Gasteiger charge is 2.17. The van der Waals surface area contributed by atoms with Gasteiger partial charge in [-0.2, -0.15) is 0 Å². The topological polar surface area (TPSA) is 74.7 Å². The number of nitrogens with zero attached hydrogens (tertiary/aromatic N) is 2. The van der Waals surface area contributed by atoms with Gasteiger partial charge < -0.3 is 24.3 Å². The standard InChI is InChI=1S/C26H33N3O4Si/c1-17-20(12-13-34(6,7)8)10-9-11-22(17)29-26-21-14-24(32-18(2)30-4)25(33-19(3)31-5)15-23(21)27-16-28-26/h9-11,14-16,18-19H,1-8H3,(H,27,28,29). The number of methoxy groups -OCH3 is 2. The summed E-state index contributed by atoms with van der Waals surface area (Å²) in [7, 11) is 1.69. The third-order valence-electron chi connectivity index (χ3n) is 5.11. The molecule has 0 saturated heterocycles. The molecule has 0 fully saturated rings. The van der Waals surface area contributed by atoms with Crippen LogP contribution in [-0.4, -0.2) is 44.8 Å². The Balaban J connectivity index is 2.05. The smallest absolute Gasteiger partial charge is 0.196 e. The molecule has 2 aromatic carbocycles. The molecule has 8 heteroatoms. The van der Waals surface area contributed by atoms with Gasteiger partial charge in [-0.1, -0.05) is 31.6 Å². The van der Waals surface area contributed by atoms with E-state index in [2.05, 4.69) is 53.3 Å². The van der Waals surface area contributed by atoms with E-state index in [0.29, 0.717) is 22.8 Å². The Morgan fingerprint density at radius 1 is 0.941 bits per heavy atom. The molecule has 1 N–H and O–H groups in total. The van der Waals surface area contributed by atoms with Crippen molar-refractivity contribution in [3.8, 4) is 23.0 Å². The van der Waals surface area contributed by atoms with Crippen molar-refractivity contribution in [3.63, 3.8) is 0 Å². The van der Waals surface area contributed by atoms with Crippen molar-refractivity contribution in [2.24, 2.45) is 0 Å². The van der Waals surface area contributed by atoms with Crippen LogP contribution in [-0.2, 0) is 9.47 Å². The Bertz CT molecular complexity index is 1210. The summed E-state index contributed by atoms with van der Waals surface area (Å²) in [5.74, 6) is 5.04. The van der Waals surface area contributed by atoms with E-state index in [-0.39, 0.29) is 0 Å². The predicted octanol–water partition coefficient (Wildman–Crippen LogP) is 5.65. The minimum atomic E-state index is -1.48. The van der Waals surface area contributed by atoms with Crippen LogP contribution in [0.1, 0.15) is 25.0 Å². The highest BCUT2D eigenvalue weighted by molar-refractivity contribution is 6.83. The number of aromatic nitrogens is 2. The van der Waals surface area contributed by atoms with Gasteiger partial charge in [-0.3, -0.25) is 0 Å². The lowest BCUT2D eigenvalue weighted by molar-refractivity contribution is -0.0551. The maximum absolute atomic E-state index is 5.96. The van der Waals surface area contributed by atoms with Crippen molar-refractivity contribution >= 4 is 30.5 Å². The second kappa shape index (κ2) is 10.9. The van der Waals surface area contributed by atoms with Crippen LogP contribution in [0.2, 0.25) is 19.6 Å². The summed E-state index contributed by atoms with van der Waals surface area (Å²) < 4.78 is 22.4. The number of ether oxygens (including phenoxy) is 4. The lowest BCUT2D eigenvalue weighted by atomic mass is 10.1. The van der Waals surface area contributed by atoms with Gasteiger partial charge in [0.1, 0.15) is 20.2 Å². The molecule has 3 rings (SSSR count). The molecule has 1 heterocycles. The first-order valence-electron chi connectivity index (χ1n) is 11.2. The molecule has 0 spiro atoms. The maximum atomic E-state index is 5.96. The van der Waals surface area contributed by atoms with Crippen LogP contribution < -0.4 is 14.8 Å². The second-order valence-electron chi connectivity index (χ2n) is 8.98. The van der Waals surface area contributed by atoms with Gasteiger partial charge in [0.15, 0.2) is 24.1 Å². The largest absolute Gasteiger partial charge is 0.461 e. The Morgan fingerprint density at radius 3 is 2.21 bits per heavy atom. The Kier molecular flexibility index (Phi) is 8.15. The van der Waals surface area contributed by atoms with Gasteiger partial charge in [0.2, 0.25) is 0 Å². The molecular formula is C26H33N3O4Si. The van der Waals surface area contributed by atoms with Crippen LogP contribution in [0.25, 0.3) is 10.9 Å². The van der Waals surface area contributed by atoms with E-state index in [4.69, 9.17) is 18.9 Å². The van der Waals surface area contributed by atoms with E-state index in [1.807, 2.05) is 44.2 Å². The van der Waals surface area contributed by atoms with Crippen LogP contribution in [0.15, 0.2) is 36.7 Å². The van der Waals surface area contributed by atoms with Gasteiger partial charge in [-0.15, -0.1) is 5.54 Å². The molecule has 0 bridgehead atoms. The van der Waals surface area contributed by atoms with Crippen LogP contribution in [0, 0.1) is 18.4 Å². The minimum Gasteiger partial charge on any atom is -0.461 e. The third kappa shape index (κ3) is 6.47. The summed E-state index contributed by atoms with van der Waals surface area (Å²) in [5, 5.41) is 4.25. The fourth-order valence-electron chi connectivity index (χ4n) is 3.09. The number of hydrogen-bond donors (Lipinski definition) is 1. The molecule has 0 aliphatic carbocycles. The normalized spacial score (nSPS) is 13.1. The van der Waals surface area contributed by atoms with Gasteiger partial charge >= 0.3 is 0 Å². The molecule has 2 atom stereocenters. The molecular weight excluding hydrogens is 446 g/mol. The first kappa shape index (κ1) is 25.5. The zero-order valence-corrected chi connectivity index (χ0v) is 22.1. The third-order valence-corrected chi connectivity index (χ3v) is 5.98. The van der Waals surface area contributed by atoms with Crippen molar-refractivity contribution in [1.29, 1.82) is 0 Å². The molecule has 0 aliphatic heterocycles. The van der Waals surface area contributed by atoms with Crippen LogP contribution in [0.3, 0.4) is 0 Å². The number of rotatable bonds is 8. The summed E-state index contributed by atoms with van der Waals surface area (Å²) in [4.78, 5) is 8.94. The molecule has 7 nitrogen and oxygen atoms in total. The van der Waals surface area contributed by atoms with Gasteiger partial charge in [-0.25, -0.2) is 9.97 Å². The van der Waals surface area contributed by atoms with Crippen molar-refractivity contribution in [2.75, 3.05) is 19.5 Å². The number of benzene rings is 2. The Morgan fingerprint density at radius 2 is 1.59 bits per heavy atom. The number of anilines is 2. The van der Waals surface area contributed by atoms with Crippen molar-refractivity contribution in [1.82, 2.24) is 9.97 Å². The first-order valence-corrected chi connectivity index (χ1v) is 14.7. The van der Waals surface area contributed by atoms with E-state index in [9.17, 15) is 0 Å². The molecule has 180 valence electrons. The Labute approximate surface area is 202 Å². The lowest BCUT2D eigenvalue weighted by Gasteiger charge is -2.20. The molecule has 3 aromatic rings. The van der Waals surface area contributed by atoms with E-state index in [0.717, 1.165) is 22.2 Å². The SMILES string of the molecule is COC(C)Oc1cc2ncnc(Nc3cccc(C#C[Si](C)(C)C)c3C)c2cc1OC(C)OC. The zero-order valence-electron chi connectivity index (χ0n) is 21.1. The van der Waals surface area contributed by atoms with Gasteiger partial charge in [0, 0.05) is 36.9 Å². The second-order valence-corrected chi connectivity index (χ2v) is 13.7. The van der Waals surface area contributed by atoms with Gasteiger partial charge in [-0.05, 0) is 44.5 Å². The van der Waals surface area contributed by atoms with E-state index in [1.165, 1.54) is 6.33 Å². The average Bonchev–Trinajstić information content (AvgIpc) is 2.79. The van der Waals surface area contributed by atoms with Crippen LogP contribution in [0.4, 0.5) is 11.5 Å². The van der Waals surface area contributed by atoms with E-state index in [1.54, 1.807) is 14.2 Å². The number of nitrogens with one attached hydrogen (secondary N) is 1. The molecule has 0 radical (unpaired) electrons.